The lowest BCUT2D eigenvalue weighted by molar-refractivity contribution is -0.116. The van der Waals surface area contributed by atoms with Crippen molar-refractivity contribution >= 4 is 21.4 Å². The van der Waals surface area contributed by atoms with Gasteiger partial charge in [0.25, 0.3) is 0 Å². The van der Waals surface area contributed by atoms with Crippen LogP contribution >= 0.6 is 0 Å². The van der Waals surface area contributed by atoms with Crippen LogP contribution in [-0.2, 0) is 14.6 Å². The third-order valence-corrected chi connectivity index (χ3v) is 4.61. The summed E-state index contributed by atoms with van der Waals surface area (Å²) >= 11 is 0. The Morgan fingerprint density at radius 2 is 1.73 bits per heavy atom. The van der Waals surface area contributed by atoms with Crippen LogP contribution in [-0.4, -0.2) is 33.8 Å². The maximum atomic E-state index is 12.0. The molecule has 0 aliphatic rings. The van der Waals surface area contributed by atoms with E-state index in [1.807, 2.05) is 31.2 Å². The van der Waals surface area contributed by atoms with Gasteiger partial charge in [0.2, 0.25) is 5.91 Å². The lowest BCUT2D eigenvalue weighted by Gasteiger charge is -2.11. The second-order valence-corrected chi connectivity index (χ2v) is 7.70. The molecule has 0 unspecified atom stereocenters. The summed E-state index contributed by atoms with van der Waals surface area (Å²) in [4.78, 5) is 12.2. The second kappa shape index (κ2) is 9.24. The first-order valence-electron chi connectivity index (χ1n) is 8.34. The van der Waals surface area contributed by atoms with Crippen LogP contribution in [0.5, 0.6) is 11.5 Å². The zero-order chi connectivity index (χ0) is 19.0. The van der Waals surface area contributed by atoms with Gasteiger partial charge in [-0.3, -0.25) is 4.79 Å². The van der Waals surface area contributed by atoms with Crippen molar-refractivity contribution in [2.75, 3.05) is 24.8 Å². The molecule has 0 spiro atoms. The van der Waals surface area contributed by atoms with Crippen LogP contribution in [0.2, 0.25) is 0 Å². The first-order chi connectivity index (χ1) is 12.4. The van der Waals surface area contributed by atoms with E-state index in [9.17, 15) is 13.2 Å². The van der Waals surface area contributed by atoms with Crippen LogP contribution in [0.4, 0.5) is 5.69 Å². The van der Waals surface area contributed by atoms with E-state index in [-0.39, 0.29) is 17.2 Å². The zero-order valence-corrected chi connectivity index (χ0v) is 15.7. The molecule has 0 radical (unpaired) electrons. The van der Waals surface area contributed by atoms with Crippen molar-refractivity contribution in [2.24, 2.45) is 0 Å². The van der Waals surface area contributed by atoms with Crippen molar-refractivity contribution in [3.8, 4) is 11.5 Å². The average molecular weight is 377 g/mol. The van der Waals surface area contributed by atoms with Gasteiger partial charge >= 0.3 is 0 Å². The topological polar surface area (TPSA) is 81.7 Å². The van der Waals surface area contributed by atoms with Crippen molar-refractivity contribution in [1.29, 1.82) is 0 Å². The fourth-order valence-electron chi connectivity index (χ4n) is 2.29. The van der Waals surface area contributed by atoms with Gasteiger partial charge < -0.3 is 14.8 Å². The first-order valence-corrected chi connectivity index (χ1v) is 10.2. The van der Waals surface area contributed by atoms with Crippen molar-refractivity contribution in [3.05, 3.63) is 48.5 Å². The number of sulfone groups is 1. The number of para-hydroxylation sites is 2. The Labute approximate surface area is 154 Å². The number of hydrogen-bond acceptors (Lipinski definition) is 5. The van der Waals surface area contributed by atoms with Crippen LogP contribution in [0.1, 0.15) is 19.8 Å². The Balaban J connectivity index is 1.81. The van der Waals surface area contributed by atoms with Gasteiger partial charge in [-0.2, -0.15) is 0 Å². The molecule has 0 aromatic heterocycles. The summed E-state index contributed by atoms with van der Waals surface area (Å²) in [6.07, 6.45) is 1.92. The normalized spacial score (nSPS) is 11.0. The Bertz CT molecular complexity index is 849. The van der Waals surface area contributed by atoms with E-state index in [0.717, 1.165) is 6.26 Å². The third-order valence-electron chi connectivity index (χ3n) is 3.50. The highest BCUT2D eigenvalue weighted by Gasteiger charge is 2.09. The van der Waals surface area contributed by atoms with Crippen LogP contribution in [0.15, 0.2) is 53.4 Å². The third kappa shape index (κ3) is 6.07. The maximum absolute atomic E-state index is 12.0. The summed E-state index contributed by atoms with van der Waals surface area (Å²) < 4.78 is 34.3. The molecule has 0 saturated heterocycles. The Morgan fingerprint density at radius 3 is 2.38 bits per heavy atom. The fourth-order valence-corrected chi connectivity index (χ4v) is 2.95. The van der Waals surface area contributed by atoms with E-state index in [2.05, 4.69) is 5.32 Å². The molecular formula is C19H23NO5S. The van der Waals surface area contributed by atoms with Gasteiger partial charge in [-0.25, -0.2) is 8.42 Å². The number of benzene rings is 2. The number of carbonyl (C=O) groups is 1. The van der Waals surface area contributed by atoms with E-state index in [1.54, 1.807) is 12.1 Å². The number of amides is 1. The summed E-state index contributed by atoms with van der Waals surface area (Å²) in [6.45, 7) is 2.83. The van der Waals surface area contributed by atoms with E-state index in [1.165, 1.54) is 12.1 Å². The van der Waals surface area contributed by atoms with Gasteiger partial charge in [0.05, 0.1) is 18.1 Å². The molecule has 0 aliphatic heterocycles. The van der Waals surface area contributed by atoms with E-state index in [4.69, 9.17) is 9.47 Å². The zero-order valence-electron chi connectivity index (χ0n) is 14.9. The Hall–Kier alpha value is -2.54. The van der Waals surface area contributed by atoms with Crippen molar-refractivity contribution in [2.45, 2.75) is 24.7 Å². The van der Waals surface area contributed by atoms with Gasteiger partial charge in [0.1, 0.15) is 0 Å². The molecule has 1 amide bonds. The van der Waals surface area contributed by atoms with Gasteiger partial charge in [-0.15, -0.1) is 0 Å². The molecule has 0 fully saturated rings. The highest BCUT2D eigenvalue weighted by atomic mass is 32.2. The molecule has 0 bridgehead atoms. The van der Waals surface area contributed by atoms with E-state index >= 15 is 0 Å². The lowest BCUT2D eigenvalue weighted by Crippen LogP contribution is -2.13. The van der Waals surface area contributed by atoms with E-state index < -0.39 is 9.84 Å². The molecule has 140 valence electrons. The van der Waals surface area contributed by atoms with Crippen LogP contribution in [0, 0.1) is 0 Å². The summed E-state index contributed by atoms with van der Waals surface area (Å²) in [7, 11) is -3.30. The van der Waals surface area contributed by atoms with Gasteiger partial charge in [-0.1, -0.05) is 18.2 Å². The minimum Gasteiger partial charge on any atom is -0.490 e. The summed E-state index contributed by atoms with van der Waals surface area (Å²) in [5, 5.41) is 2.70. The molecule has 6 nitrogen and oxygen atoms in total. The Kier molecular flexibility index (Phi) is 7.03. The van der Waals surface area contributed by atoms with Crippen LogP contribution < -0.4 is 14.8 Å². The van der Waals surface area contributed by atoms with Gasteiger partial charge in [0, 0.05) is 18.4 Å². The number of rotatable bonds is 9. The largest absolute Gasteiger partial charge is 0.490 e. The number of anilines is 1. The van der Waals surface area contributed by atoms with Gasteiger partial charge in [-0.05, 0) is 43.7 Å². The summed E-state index contributed by atoms with van der Waals surface area (Å²) in [6, 6.07) is 13.6. The van der Waals surface area contributed by atoms with Crippen molar-refractivity contribution in [1.82, 2.24) is 0 Å². The Morgan fingerprint density at radius 1 is 1.04 bits per heavy atom. The standard InChI is InChI=1S/C19H23NO5S/c1-3-24-17-10-4-5-11-18(17)25-13-7-12-19(21)20-15-8-6-9-16(14-15)26(2,22)23/h4-6,8-11,14H,3,7,12-13H2,1-2H3,(H,20,21). The average Bonchev–Trinajstić information content (AvgIpc) is 2.60. The highest BCUT2D eigenvalue weighted by molar-refractivity contribution is 7.90. The molecule has 2 aromatic rings. The molecule has 2 aromatic carbocycles. The number of ether oxygens (including phenoxy) is 2. The quantitative estimate of drug-likeness (QED) is 0.678. The van der Waals surface area contributed by atoms with Crippen molar-refractivity contribution in [3.63, 3.8) is 0 Å². The molecule has 26 heavy (non-hydrogen) atoms. The molecule has 0 aliphatic carbocycles. The summed E-state index contributed by atoms with van der Waals surface area (Å²) in [5.41, 5.74) is 0.459. The summed E-state index contributed by atoms with van der Waals surface area (Å²) in [5.74, 6) is 1.13. The SMILES string of the molecule is CCOc1ccccc1OCCCC(=O)Nc1cccc(S(C)(=O)=O)c1. The fraction of sp³-hybridized carbons (Fsp3) is 0.316. The molecule has 0 saturated carbocycles. The maximum Gasteiger partial charge on any atom is 0.224 e. The highest BCUT2D eigenvalue weighted by Crippen LogP contribution is 2.26. The lowest BCUT2D eigenvalue weighted by atomic mass is 10.2. The molecule has 0 atom stereocenters. The molecule has 1 N–H and O–H groups in total. The molecule has 0 heterocycles. The van der Waals surface area contributed by atoms with Crippen molar-refractivity contribution < 1.29 is 22.7 Å². The molecular weight excluding hydrogens is 354 g/mol. The minimum absolute atomic E-state index is 0.172. The number of carbonyl (C=O) groups excluding carboxylic acids is 1. The predicted molar refractivity (Wildman–Crippen MR) is 101 cm³/mol. The monoisotopic (exact) mass is 377 g/mol. The van der Waals surface area contributed by atoms with Gasteiger partial charge in [0.15, 0.2) is 21.3 Å². The predicted octanol–water partition coefficient (Wildman–Crippen LogP) is 3.29. The van der Waals surface area contributed by atoms with E-state index in [0.29, 0.717) is 36.8 Å². The van der Waals surface area contributed by atoms with Crippen LogP contribution in [0.3, 0.4) is 0 Å². The number of nitrogens with one attached hydrogen (secondary N) is 1. The van der Waals surface area contributed by atoms with Crippen LogP contribution in [0.25, 0.3) is 0 Å². The molecule has 2 rings (SSSR count). The first kappa shape index (κ1) is 19.8. The molecule has 7 heteroatoms. The second-order valence-electron chi connectivity index (χ2n) is 5.68. The smallest absolute Gasteiger partial charge is 0.224 e. The number of hydrogen-bond donors (Lipinski definition) is 1. The minimum atomic E-state index is -3.30.